The Morgan fingerprint density at radius 2 is 1.79 bits per heavy atom. The first-order valence-electron chi connectivity index (χ1n) is 9.24. The van der Waals surface area contributed by atoms with Crippen LogP contribution in [-0.4, -0.2) is 24.6 Å². The maximum atomic E-state index is 12.7. The lowest BCUT2D eigenvalue weighted by molar-refractivity contribution is -0.122. The SMILES string of the molecule is CC(C)CC(NC(=O)Cn1cnc2c1c(=O)n(C)c(=O)n2C)c1ccccc1. The molecule has 0 saturated heterocycles. The van der Waals surface area contributed by atoms with Gasteiger partial charge in [-0.1, -0.05) is 44.2 Å². The maximum absolute atomic E-state index is 12.7. The van der Waals surface area contributed by atoms with Crippen LogP contribution in [0.3, 0.4) is 0 Å². The molecule has 8 nitrogen and oxygen atoms in total. The lowest BCUT2D eigenvalue weighted by atomic mass is 9.97. The van der Waals surface area contributed by atoms with Gasteiger partial charge in [0.1, 0.15) is 6.54 Å². The minimum absolute atomic E-state index is 0.0502. The third kappa shape index (κ3) is 3.76. The average molecular weight is 383 g/mol. The van der Waals surface area contributed by atoms with E-state index in [1.165, 1.54) is 22.5 Å². The van der Waals surface area contributed by atoms with E-state index in [1.807, 2.05) is 30.3 Å². The van der Waals surface area contributed by atoms with Crippen LogP contribution in [-0.2, 0) is 25.4 Å². The molecule has 1 atom stereocenters. The first-order chi connectivity index (χ1) is 13.3. The minimum atomic E-state index is -0.467. The van der Waals surface area contributed by atoms with E-state index >= 15 is 0 Å². The lowest BCUT2D eigenvalue weighted by Gasteiger charge is -2.21. The Bertz CT molecular complexity index is 1110. The van der Waals surface area contributed by atoms with E-state index in [4.69, 9.17) is 0 Å². The summed E-state index contributed by atoms with van der Waals surface area (Å²) in [6.07, 6.45) is 2.22. The van der Waals surface area contributed by atoms with E-state index in [0.717, 1.165) is 16.6 Å². The van der Waals surface area contributed by atoms with E-state index < -0.39 is 11.2 Å². The van der Waals surface area contributed by atoms with Crippen molar-refractivity contribution in [2.24, 2.45) is 20.0 Å². The molecule has 0 spiro atoms. The number of rotatable bonds is 6. The quantitative estimate of drug-likeness (QED) is 0.695. The van der Waals surface area contributed by atoms with Crippen molar-refractivity contribution in [3.8, 4) is 0 Å². The second-order valence-electron chi connectivity index (χ2n) is 7.41. The number of nitrogens with zero attached hydrogens (tertiary/aromatic N) is 4. The smallest absolute Gasteiger partial charge is 0.332 e. The van der Waals surface area contributed by atoms with Gasteiger partial charge in [-0.15, -0.1) is 0 Å². The summed E-state index contributed by atoms with van der Waals surface area (Å²) in [6.45, 7) is 4.16. The zero-order valence-electron chi connectivity index (χ0n) is 16.5. The van der Waals surface area contributed by atoms with Crippen molar-refractivity contribution in [3.05, 3.63) is 63.1 Å². The Morgan fingerprint density at radius 1 is 1.11 bits per heavy atom. The lowest BCUT2D eigenvalue weighted by Crippen LogP contribution is -2.38. The minimum Gasteiger partial charge on any atom is -0.348 e. The number of hydrogen-bond acceptors (Lipinski definition) is 4. The van der Waals surface area contributed by atoms with Crippen molar-refractivity contribution >= 4 is 17.1 Å². The largest absolute Gasteiger partial charge is 0.348 e. The molecule has 1 aromatic carbocycles. The predicted molar refractivity (Wildman–Crippen MR) is 107 cm³/mol. The van der Waals surface area contributed by atoms with Gasteiger partial charge in [0.05, 0.1) is 12.4 Å². The van der Waals surface area contributed by atoms with E-state index in [0.29, 0.717) is 5.92 Å². The normalized spacial score (nSPS) is 12.5. The van der Waals surface area contributed by atoms with Gasteiger partial charge in [-0.3, -0.25) is 18.7 Å². The van der Waals surface area contributed by atoms with Crippen LogP contribution in [0.25, 0.3) is 11.2 Å². The number of imidazole rings is 1. The van der Waals surface area contributed by atoms with Crippen LogP contribution >= 0.6 is 0 Å². The van der Waals surface area contributed by atoms with Crippen molar-refractivity contribution in [1.82, 2.24) is 24.0 Å². The summed E-state index contributed by atoms with van der Waals surface area (Å²) in [6, 6.07) is 9.70. The number of amides is 1. The number of aromatic nitrogens is 4. The fourth-order valence-electron chi connectivity index (χ4n) is 3.35. The van der Waals surface area contributed by atoms with E-state index in [1.54, 1.807) is 7.05 Å². The summed E-state index contributed by atoms with van der Waals surface area (Å²) in [4.78, 5) is 41.4. The monoisotopic (exact) mass is 383 g/mol. The van der Waals surface area contributed by atoms with Crippen molar-refractivity contribution in [2.45, 2.75) is 32.9 Å². The number of hydrogen-bond donors (Lipinski definition) is 1. The molecule has 0 bridgehead atoms. The molecule has 0 fully saturated rings. The van der Waals surface area contributed by atoms with Crippen LogP contribution in [0.15, 0.2) is 46.2 Å². The third-order valence-electron chi connectivity index (χ3n) is 4.78. The highest BCUT2D eigenvalue weighted by Crippen LogP contribution is 2.21. The highest BCUT2D eigenvalue weighted by atomic mass is 16.2. The molecule has 3 rings (SSSR count). The molecule has 0 radical (unpaired) electrons. The molecule has 0 aliphatic rings. The van der Waals surface area contributed by atoms with Gasteiger partial charge in [0, 0.05) is 14.1 Å². The van der Waals surface area contributed by atoms with Gasteiger partial charge in [-0.25, -0.2) is 9.78 Å². The molecule has 28 heavy (non-hydrogen) atoms. The molecule has 1 unspecified atom stereocenters. The Hall–Kier alpha value is -3.16. The van der Waals surface area contributed by atoms with E-state index in [2.05, 4.69) is 24.1 Å². The molecule has 0 aliphatic heterocycles. The van der Waals surface area contributed by atoms with Gasteiger partial charge < -0.3 is 9.88 Å². The molecule has 0 saturated carbocycles. The number of carbonyl (C=O) groups is 1. The number of nitrogens with one attached hydrogen (secondary N) is 1. The zero-order chi connectivity index (χ0) is 20.4. The van der Waals surface area contributed by atoms with Gasteiger partial charge in [0.25, 0.3) is 5.56 Å². The standard InChI is InChI=1S/C20H25N5O3/c1-13(2)10-15(14-8-6-5-7-9-14)22-16(26)11-25-12-21-18-17(25)19(27)24(4)20(28)23(18)3/h5-9,12-13,15H,10-11H2,1-4H3,(H,22,26). The highest BCUT2D eigenvalue weighted by molar-refractivity contribution is 5.79. The van der Waals surface area contributed by atoms with Crippen LogP contribution in [0.5, 0.6) is 0 Å². The fourth-order valence-corrected chi connectivity index (χ4v) is 3.35. The number of carbonyl (C=O) groups excluding carboxylic acids is 1. The highest BCUT2D eigenvalue weighted by Gasteiger charge is 2.19. The second kappa shape index (κ2) is 7.84. The molecular weight excluding hydrogens is 358 g/mol. The van der Waals surface area contributed by atoms with Crippen molar-refractivity contribution in [3.63, 3.8) is 0 Å². The van der Waals surface area contributed by atoms with E-state index in [-0.39, 0.29) is 29.7 Å². The summed E-state index contributed by atoms with van der Waals surface area (Å²) in [7, 11) is 2.96. The van der Waals surface area contributed by atoms with Gasteiger partial charge in [0.15, 0.2) is 11.2 Å². The Kier molecular flexibility index (Phi) is 5.48. The van der Waals surface area contributed by atoms with Gasteiger partial charge in [0.2, 0.25) is 5.91 Å². The molecule has 2 aromatic heterocycles. The van der Waals surface area contributed by atoms with Gasteiger partial charge in [-0.2, -0.15) is 0 Å². The zero-order valence-corrected chi connectivity index (χ0v) is 16.5. The summed E-state index contributed by atoms with van der Waals surface area (Å²) < 4.78 is 3.81. The first-order valence-corrected chi connectivity index (χ1v) is 9.24. The van der Waals surface area contributed by atoms with Crippen LogP contribution in [0.4, 0.5) is 0 Å². The Balaban J connectivity index is 1.88. The van der Waals surface area contributed by atoms with Crippen LogP contribution in [0.2, 0.25) is 0 Å². The average Bonchev–Trinajstić information content (AvgIpc) is 3.08. The number of fused-ring (bicyclic) bond motifs is 1. The Labute approximate surface area is 162 Å². The topological polar surface area (TPSA) is 90.9 Å². The van der Waals surface area contributed by atoms with E-state index in [9.17, 15) is 14.4 Å². The summed E-state index contributed by atoms with van der Waals surface area (Å²) >= 11 is 0. The predicted octanol–water partition coefficient (Wildman–Crippen LogP) is 1.34. The van der Waals surface area contributed by atoms with Crippen LogP contribution in [0.1, 0.15) is 31.9 Å². The Morgan fingerprint density at radius 3 is 2.43 bits per heavy atom. The van der Waals surface area contributed by atoms with Crippen molar-refractivity contribution in [1.29, 1.82) is 0 Å². The summed E-state index contributed by atoms with van der Waals surface area (Å²) in [5, 5.41) is 3.06. The second-order valence-corrected chi connectivity index (χ2v) is 7.41. The first kappa shape index (κ1) is 19.6. The molecule has 1 amide bonds. The molecular formula is C20H25N5O3. The van der Waals surface area contributed by atoms with Gasteiger partial charge >= 0.3 is 5.69 Å². The fraction of sp³-hybridized carbons (Fsp3) is 0.400. The maximum Gasteiger partial charge on any atom is 0.332 e. The van der Waals surface area contributed by atoms with Crippen LogP contribution in [0, 0.1) is 5.92 Å². The molecule has 2 heterocycles. The third-order valence-corrected chi connectivity index (χ3v) is 4.78. The molecule has 148 valence electrons. The number of benzene rings is 1. The molecule has 8 heteroatoms. The molecule has 1 N–H and O–H groups in total. The summed E-state index contributed by atoms with van der Waals surface area (Å²) in [5.41, 5.74) is 0.624. The number of aryl methyl sites for hydroxylation is 1. The van der Waals surface area contributed by atoms with Gasteiger partial charge in [-0.05, 0) is 17.9 Å². The summed E-state index contributed by atoms with van der Waals surface area (Å²) in [5.74, 6) is 0.186. The van der Waals surface area contributed by atoms with Crippen LogP contribution < -0.4 is 16.6 Å². The van der Waals surface area contributed by atoms with Crippen molar-refractivity contribution < 1.29 is 4.79 Å². The van der Waals surface area contributed by atoms with Crippen molar-refractivity contribution in [2.75, 3.05) is 0 Å². The molecule has 0 aliphatic carbocycles. The molecule has 3 aromatic rings.